The third kappa shape index (κ3) is 5.26. The van der Waals surface area contributed by atoms with Crippen molar-refractivity contribution in [2.75, 3.05) is 0 Å². The summed E-state index contributed by atoms with van der Waals surface area (Å²) in [4.78, 5) is 12.3. The Balaban J connectivity index is 2.07. The van der Waals surface area contributed by atoms with Gasteiger partial charge in [-0.25, -0.2) is 0 Å². The molecule has 1 aliphatic rings. The lowest BCUT2D eigenvalue weighted by atomic mass is 9.86. The summed E-state index contributed by atoms with van der Waals surface area (Å²) in [5.74, 6) is 0.105. The van der Waals surface area contributed by atoms with Crippen molar-refractivity contribution >= 4 is 23.6 Å². The van der Waals surface area contributed by atoms with E-state index < -0.39 is 0 Å². The van der Waals surface area contributed by atoms with Gasteiger partial charge in [0.2, 0.25) is 0 Å². The van der Waals surface area contributed by atoms with E-state index in [1.165, 1.54) is 12.5 Å². The number of allylic oxidation sites excluding steroid dienone is 2. The first-order chi connectivity index (χ1) is 11.1. The molecule has 0 heterocycles. The molecular formula is C19H21ClN2O. The Morgan fingerprint density at radius 3 is 2.65 bits per heavy atom. The molecule has 1 amide bonds. The molecule has 1 N–H and O–H groups in total. The molecule has 1 aliphatic carbocycles. The van der Waals surface area contributed by atoms with Gasteiger partial charge in [0.1, 0.15) is 11.6 Å². The van der Waals surface area contributed by atoms with Gasteiger partial charge in [-0.3, -0.25) is 4.79 Å². The summed E-state index contributed by atoms with van der Waals surface area (Å²) in [6, 6.07) is 11.6. The molecular weight excluding hydrogens is 308 g/mol. The van der Waals surface area contributed by atoms with Crippen LogP contribution in [0.15, 0.2) is 47.0 Å². The zero-order chi connectivity index (χ0) is 16.7. The fourth-order valence-electron chi connectivity index (χ4n) is 2.81. The molecule has 2 atom stereocenters. The summed E-state index contributed by atoms with van der Waals surface area (Å²) in [5.41, 5.74) is 0.965. The van der Waals surface area contributed by atoms with Crippen molar-refractivity contribution in [3.63, 3.8) is 0 Å². The maximum Gasteiger partial charge on any atom is 0.262 e. The molecule has 0 radical (unpaired) electrons. The number of nitrogens with zero attached hydrogens (tertiary/aromatic N) is 1. The number of benzene rings is 1. The normalized spacial score (nSPS) is 22.3. The van der Waals surface area contributed by atoms with Gasteiger partial charge in [-0.2, -0.15) is 5.26 Å². The monoisotopic (exact) mass is 328 g/mol. The van der Waals surface area contributed by atoms with Crippen molar-refractivity contribution < 1.29 is 4.79 Å². The van der Waals surface area contributed by atoms with Crippen molar-refractivity contribution in [2.24, 2.45) is 5.92 Å². The number of hydrogen-bond donors (Lipinski definition) is 1. The predicted octanol–water partition coefficient (Wildman–Crippen LogP) is 4.41. The molecule has 23 heavy (non-hydrogen) atoms. The summed E-state index contributed by atoms with van der Waals surface area (Å²) in [5, 5.41) is 12.6. The molecule has 0 aliphatic heterocycles. The summed E-state index contributed by atoms with van der Waals surface area (Å²) >= 11 is 6.16. The molecule has 1 fully saturated rings. The Labute approximate surface area is 142 Å². The second kappa shape index (κ2) is 8.55. The maximum atomic E-state index is 12.3. The molecule has 0 spiro atoms. The fourth-order valence-corrected chi connectivity index (χ4v) is 3.05. The van der Waals surface area contributed by atoms with Gasteiger partial charge in [-0.15, -0.1) is 0 Å². The first-order valence-corrected chi connectivity index (χ1v) is 8.33. The number of carbonyl (C=O) groups excluding carboxylic acids is 1. The molecule has 1 saturated carbocycles. The second-order valence-corrected chi connectivity index (χ2v) is 6.39. The van der Waals surface area contributed by atoms with E-state index in [9.17, 15) is 10.1 Å². The highest BCUT2D eigenvalue weighted by Crippen LogP contribution is 2.24. The molecule has 1 aromatic carbocycles. The number of halogens is 1. The van der Waals surface area contributed by atoms with Crippen molar-refractivity contribution in [1.82, 2.24) is 5.32 Å². The van der Waals surface area contributed by atoms with Crippen molar-refractivity contribution in [3.8, 4) is 6.07 Å². The Morgan fingerprint density at radius 2 is 2.00 bits per heavy atom. The third-order valence-electron chi connectivity index (χ3n) is 4.18. The van der Waals surface area contributed by atoms with Crippen LogP contribution >= 0.6 is 11.6 Å². The summed E-state index contributed by atoms with van der Waals surface area (Å²) in [7, 11) is 0. The van der Waals surface area contributed by atoms with E-state index in [4.69, 9.17) is 11.6 Å². The lowest BCUT2D eigenvalue weighted by Crippen LogP contribution is -2.41. The van der Waals surface area contributed by atoms with Gasteiger partial charge in [0.25, 0.3) is 5.91 Å². The van der Waals surface area contributed by atoms with Gasteiger partial charge in [-0.1, -0.05) is 61.7 Å². The fraction of sp³-hybridized carbons (Fsp3) is 0.368. The second-order valence-electron chi connectivity index (χ2n) is 5.95. The highest BCUT2D eigenvalue weighted by atomic mass is 35.5. The number of hydrogen-bond acceptors (Lipinski definition) is 2. The molecule has 3 nitrogen and oxygen atoms in total. The standard InChI is InChI=1S/C19H21ClN2O/c1-14-7-5-6-10-18(14)22-19(23)16(13-21)12-17(20)11-15-8-3-2-4-9-15/h2-4,8-9,11-12,14,18H,5-7,10H2,1H3,(H,22,23)/b16-12+,17-11-/t14-,18-/m0/s1. The minimum absolute atomic E-state index is 0.0416. The Bertz CT molecular complexity index is 643. The Kier molecular flexibility index (Phi) is 6.43. The van der Waals surface area contributed by atoms with Crippen LogP contribution in [0.1, 0.15) is 38.2 Å². The predicted molar refractivity (Wildman–Crippen MR) is 93.5 cm³/mol. The van der Waals surface area contributed by atoms with E-state index >= 15 is 0 Å². The minimum atomic E-state index is -0.342. The SMILES string of the molecule is C[C@H]1CCCC[C@@H]1NC(=O)/C(C#N)=C/C(Cl)=C/c1ccccc1. The average molecular weight is 329 g/mol. The molecule has 0 saturated heterocycles. The van der Waals surface area contributed by atoms with Crippen LogP contribution in [0.5, 0.6) is 0 Å². The quantitative estimate of drug-likeness (QED) is 0.505. The van der Waals surface area contributed by atoms with Crippen LogP contribution in [0, 0.1) is 17.2 Å². The zero-order valence-corrected chi connectivity index (χ0v) is 14.0. The lowest BCUT2D eigenvalue weighted by molar-refractivity contribution is -0.118. The van der Waals surface area contributed by atoms with E-state index in [-0.39, 0.29) is 17.5 Å². The molecule has 0 unspecified atom stereocenters. The summed E-state index contributed by atoms with van der Waals surface area (Å²) < 4.78 is 0. The van der Waals surface area contributed by atoms with Crippen LogP contribution in [-0.4, -0.2) is 11.9 Å². The number of nitrogens with one attached hydrogen (secondary N) is 1. The molecule has 120 valence electrons. The Morgan fingerprint density at radius 1 is 1.30 bits per heavy atom. The van der Waals surface area contributed by atoms with Gasteiger partial charge in [0.15, 0.2) is 0 Å². The maximum absolute atomic E-state index is 12.3. The van der Waals surface area contributed by atoms with Crippen molar-refractivity contribution in [3.05, 3.63) is 52.6 Å². The zero-order valence-electron chi connectivity index (χ0n) is 13.3. The average Bonchev–Trinajstić information content (AvgIpc) is 2.55. The Hall–Kier alpha value is -2.05. The van der Waals surface area contributed by atoms with Crippen LogP contribution in [0.2, 0.25) is 0 Å². The van der Waals surface area contributed by atoms with Crippen molar-refractivity contribution in [2.45, 2.75) is 38.6 Å². The number of carbonyl (C=O) groups is 1. The van der Waals surface area contributed by atoms with Crippen molar-refractivity contribution in [1.29, 1.82) is 5.26 Å². The minimum Gasteiger partial charge on any atom is -0.348 e. The summed E-state index contributed by atoms with van der Waals surface area (Å²) in [6.45, 7) is 2.14. The van der Waals surface area contributed by atoms with Gasteiger partial charge >= 0.3 is 0 Å². The largest absolute Gasteiger partial charge is 0.348 e. The van der Waals surface area contributed by atoms with Gasteiger partial charge in [0, 0.05) is 11.1 Å². The lowest BCUT2D eigenvalue weighted by Gasteiger charge is -2.29. The summed E-state index contributed by atoms with van der Waals surface area (Å²) in [6.07, 6.45) is 7.58. The number of amides is 1. The molecule has 2 rings (SSSR count). The van der Waals surface area contributed by atoms with Crippen LogP contribution < -0.4 is 5.32 Å². The molecule has 0 aromatic heterocycles. The van der Waals surface area contributed by atoms with Crippen LogP contribution in [-0.2, 0) is 4.79 Å². The molecule has 0 bridgehead atoms. The van der Waals surface area contributed by atoms with Crippen LogP contribution in [0.3, 0.4) is 0 Å². The van der Waals surface area contributed by atoms with Crippen LogP contribution in [0.25, 0.3) is 6.08 Å². The van der Waals surface area contributed by atoms with E-state index in [1.54, 1.807) is 6.08 Å². The number of nitriles is 1. The first kappa shape index (κ1) is 17.3. The van der Waals surface area contributed by atoms with E-state index in [2.05, 4.69) is 12.2 Å². The third-order valence-corrected chi connectivity index (χ3v) is 4.40. The first-order valence-electron chi connectivity index (χ1n) is 7.95. The van der Waals surface area contributed by atoms with Gasteiger partial charge < -0.3 is 5.32 Å². The molecule has 4 heteroatoms. The van der Waals surface area contributed by atoms with E-state index in [0.717, 1.165) is 24.8 Å². The van der Waals surface area contributed by atoms with E-state index in [1.807, 2.05) is 36.4 Å². The molecule has 1 aromatic rings. The number of rotatable bonds is 4. The van der Waals surface area contributed by atoms with Crippen LogP contribution in [0.4, 0.5) is 0 Å². The highest BCUT2D eigenvalue weighted by molar-refractivity contribution is 6.33. The van der Waals surface area contributed by atoms with Gasteiger partial charge in [0.05, 0.1) is 0 Å². The smallest absolute Gasteiger partial charge is 0.262 e. The topological polar surface area (TPSA) is 52.9 Å². The van der Waals surface area contributed by atoms with E-state index in [0.29, 0.717) is 11.0 Å². The highest BCUT2D eigenvalue weighted by Gasteiger charge is 2.24. The van der Waals surface area contributed by atoms with Gasteiger partial charge in [-0.05, 0) is 36.5 Å².